The number of nitrogens with zero attached hydrogens (tertiary/aromatic N) is 1. The van der Waals surface area contributed by atoms with E-state index in [1.54, 1.807) is 0 Å². The second-order valence-corrected chi connectivity index (χ2v) is 5.01. The molecule has 0 aromatic heterocycles. The molecule has 2 unspecified atom stereocenters. The zero-order chi connectivity index (χ0) is 11.8. The standard InChI is InChI=1S/C11H20N2O3/c1-8-6-16-5-4-13(8)7-11(12,10(14)15)9-2-3-9/h8-9H,2-7,12H2,1H3,(H,14,15). The van der Waals surface area contributed by atoms with Crippen LogP contribution in [0.5, 0.6) is 0 Å². The van der Waals surface area contributed by atoms with E-state index in [1.807, 2.05) is 6.92 Å². The number of carboxylic acids is 1. The summed E-state index contributed by atoms with van der Waals surface area (Å²) in [5.41, 5.74) is 4.99. The van der Waals surface area contributed by atoms with Gasteiger partial charge in [-0.1, -0.05) is 0 Å². The maximum absolute atomic E-state index is 11.3. The number of carboxylic acid groups (broad SMARTS) is 1. The lowest BCUT2D eigenvalue weighted by atomic mass is 9.93. The SMILES string of the molecule is CC1COCCN1CC(N)(C(=O)O)C1CC1. The highest BCUT2D eigenvalue weighted by atomic mass is 16.5. The van der Waals surface area contributed by atoms with Gasteiger partial charge in [0, 0.05) is 19.1 Å². The van der Waals surface area contributed by atoms with Gasteiger partial charge >= 0.3 is 5.97 Å². The fraction of sp³-hybridized carbons (Fsp3) is 0.909. The van der Waals surface area contributed by atoms with Crippen molar-refractivity contribution < 1.29 is 14.6 Å². The van der Waals surface area contributed by atoms with Crippen molar-refractivity contribution in [1.29, 1.82) is 0 Å². The third-order valence-corrected chi connectivity index (χ3v) is 3.67. The van der Waals surface area contributed by atoms with E-state index in [2.05, 4.69) is 4.90 Å². The molecule has 92 valence electrons. The minimum Gasteiger partial charge on any atom is -0.480 e. The average Bonchev–Trinajstić information content (AvgIpc) is 3.04. The molecule has 0 spiro atoms. The first-order chi connectivity index (χ1) is 7.54. The molecule has 2 rings (SSSR count). The Labute approximate surface area is 95.5 Å². The molecule has 16 heavy (non-hydrogen) atoms. The molecule has 0 amide bonds. The molecule has 1 saturated carbocycles. The van der Waals surface area contributed by atoms with Crippen LogP contribution in [0, 0.1) is 5.92 Å². The van der Waals surface area contributed by atoms with Crippen molar-refractivity contribution in [2.75, 3.05) is 26.3 Å². The summed E-state index contributed by atoms with van der Waals surface area (Å²) in [4.78, 5) is 13.4. The van der Waals surface area contributed by atoms with Crippen molar-refractivity contribution in [2.24, 2.45) is 11.7 Å². The lowest BCUT2D eigenvalue weighted by Gasteiger charge is -2.38. The highest BCUT2D eigenvalue weighted by molar-refractivity contribution is 5.79. The molecule has 0 aromatic rings. The molecule has 0 aromatic carbocycles. The Hall–Kier alpha value is -0.650. The number of rotatable bonds is 4. The summed E-state index contributed by atoms with van der Waals surface area (Å²) in [6.07, 6.45) is 1.89. The number of hydrogen-bond acceptors (Lipinski definition) is 4. The van der Waals surface area contributed by atoms with Gasteiger partial charge in [0.2, 0.25) is 0 Å². The van der Waals surface area contributed by atoms with Crippen LogP contribution in [-0.2, 0) is 9.53 Å². The van der Waals surface area contributed by atoms with Crippen molar-refractivity contribution in [3.63, 3.8) is 0 Å². The second-order valence-electron chi connectivity index (χ2n) is 5.01. The summed E-state index contributed by atoms with van der Waals surface area (Å²) in [5, 5.41) is 9.28. The van der Waals surface area contributed by atoms with E-state index in [-0.39, 0.29) is 12.0 Å². The molecule has 1 saturated heterocycles. The largest absolute Gasteiger partial charge is 0.480 e. The molecule has 3 N–H and O–H groups in total. The Morgan fingerprint density at radius 3 is 2.81 bits per heavy atom. The summed E-state index contributed by atoms with van der Waals surface area (Å²) in [6, 6.07) is 0.259. The number of morpholine rings is 1. The van der Waals surface area contributed by atoms with Crippen LogP contribution in [0.2, 0.25) is 0 Å². The number of carbonyl (C=O) groups is 1. The molecule has 2 atom stereocenters. The molecule has 0 radical (unpaired) electrons. The van der Waals surface area contributed by atoms with Gasteiger partial charge in [-0.2, -0.15) is 0 Å². The van der Waals surface area contributed by atoms with Crippen LogP contribution < -0.4 is 5.73 Å². The first-order valence-corrected chi connectivity index (χ1v) is 5.88. The normalized spacial score (nSPS) is 31.0. The van der Waals surface area contributed by atoms with Crippen molar-refractivity contribution in [2.45, 2.75) is 31.3 Å². The molecule has 1 aliphatic heterocycles. The average molecular weight is 228 g/mol. The van der Waals surface area contributed by atoms with Gasteiger partial charge in [0.1, 0.15) is 5.54 Å². The maximum Gasteiger partial charge on any atom is 0.325 e. The van der Waals surface area contributed by atoms with E-state index in [9.17, 15) is 9.90 Å². The van der Waals surface area contributed by atoms with Gasteiger partial charge in [0.25, 0.3) is 0 Å². The van der Waals surface area contributed by atoms with Crippen molar-refractivity contribution in [3.8, 4) is 0 Å². The molecule has 5 heteroatoms. The van der Waals surface area contributed by atoms with E-state index in [4.69, 9.17) is 10.5 Å². The summed E-state index contributed by atoms with van der Waals surface area (Å²) in [7, 11) is 0. The Balaban J connectivity index is 2.02. The Bertz CT molecular complexity index is 280. The topological polar surface area (TPSA) is 75.8 Å². The van der Waals surface area contributed by atoms with E-state index in [0.717, 1.165) is 19.4 Å². The number of hydrogen-bond donors (Lipinski definition) is 2. The van der Waals surface area contributed by atoms with E-state index < -0.39 is 11.5 Å². The van der Waals surface area contributed by atoms with Gasteiger partial charge in [0.05, 0.1) is 13.2 Å². The Morgan fingerprint density at radius 1 is 1.62 bits per heavy atom. The number of ether oxygens (including phenoxy) is 1. The lowest BCUT2D eigenvalue weighted by molar-refractivity contribution is -0.146. The van der Waals surface area contributed by atoms with Gasteiger partial charge in [-0.25, -0.2) is 0 Å². The second kappa shape index (κ2) is 4.31. The predicted molar refractivity (Wildman–Crippen MR) is 59.1 cm³/mol. The highest BCUT2D eigenvalue weighted by Crippen LogP contribution is 2.39. The minimum absolute atomic E-state index is 0.153. The number of nitrogens with two attached hydrogens (primary N) is 1. The quantitative estimate of drug-likeness (QED) is 0.702. The molecule has 2 fully saturated rings. The maximum atomic E-state index is 11.3. The molecule has 1 aliphatic carbocycles. The number of aliphatic carboxylic acids is 1. The predicted octanol–water partition coefficient (Wildman–Crippen LogP) is -0.101. The van der Waals surface area contributed by atoms with Crippen molar-refractivity contribution >= 4 is 5.97 Å². The zero-order valence-corrected chi connectivity index (χ0v) is 9.69. The van der Waals surface area contributed by atoms with E-state index in [0.29, 0.717) is 19.8 Å². The van der Waals surface area contributed by atoms with Gasteiger partial charge in [-0.15, -0.1) is 0 Å². The molecule has 5 nitrogen and oxygen atoms in total. The molecule has 0 bridgehead atoms. The first-order valence-electron chi connectivity index (χ1n) is 5.88. The third-order valence-electron chi connectivity index (χ3n) is 3.67. The molecule has 2 aliphatic rings. The summed E-state index contributed by atoms with van der Waals surface area (Å²) in [5.74, 6) is -0.714. The van der Waals surface area contributed by atoms with E-state index in [1.165, 1.54) is 0 Å². The summed E-state index contributed by atoms with van der Waals surface area (Å²) in [6.45, 7) is 4.61. The van der Waals surface area contributed by atoms with Crippen molar-refractivity contribution in [3.05, 3.63) is 0 Å². The van der Waals surface area contributed by atoms with Crippen LogP contribution in [0.4, 0.5) is 0 Å². The fourth-order valence-corrected chi connectivity index (χ4v) is 2.30. The summed E-state index contributed by atoms with van der Waals surface area (Å²) >= 11 is 0. The van der Waals surface area contributed by atoms with Crippen LogP contribution in [0.3, 0.4) is 0 Å². The first kappa shape index (κ1) is 11.8. The fourth-order valence-electron chi connectivity index (χ4n) is 2.30. The molecular weight excluding hydrogens is 208 g/mol. The Kier molecular flexibility index (Phi) is 3.19. The van der Waals surface area contributed by atoms with Crippen LogP contribution >= 0.6 is 0 Å². The van der Waals surface area contributed by atoms with Crippen LogP contribution in [0.25, 0.3) is 0 Å². The molecule has 1 heterocycles. The molecular formula is C11H20N2O3. The van der Waals surface area contributed by atoms with E-state index >= 15 is 0 Å². The van der Waals surface area contributed by atoms with Gasteiger partial charge in [0.15, 0.2) is 0 Å². The van der Waals surface area contributed by atoms with Crippen LogP contribution in [0.1, 0.15) is 19.8 Å². The van der Waals surface area contributed by atoms with Crippen molar-refractivity contribution in [1.82, 2.24) is 4.90 Å². The van der Waals surface area contributed by atoms with Crippen LogP contribution in [0.15, 0.2) is 0 Å². The highest BCUT2D eigenvalue weighted by Gasteiger charge is 2.49. The lowest BCUT2D eigenvalue weighted by Crippen LogP contribution is -2.61. The van der Waals surface area contributed by atoms with Crippen LogP contribution in [-0.4, -0.2) is 53.9 Å². The smallest absolute Gasteiger partial charge is 0.325 e. The van der Waals surface area contributed by atoms with Gasteiger partial charge < -0.3 is 15.6 Å². The Morgan fingerprint density at radius 2 is 2.31 bits per heavy atom. The minimum atomic E-state index is -1.06. The summed E-state index contributed by atoms with van der Waals surface area (Å²) < 4.78 is 5.33. The third kappa shape index (κ3) is 2.21. The monoisotopic (exact) mass is 228 g/mol. The van der Waals surface area contributed by atoms with Gasteiger partial charge in [-0.3, -0.25) is 9.69 Å². The van der Waals surface area contributed by atoms with Gasteiger partial charge in [-0.05, 0) is 25.7 Å². The zero-order valence-electron chi connectivity index (χ0n) is 9.69.